The Labute approximate surface area is 150 Å². The van der Waals surface area contributed by atoms with Crippen molar-refractivity contribution in [1.29, 1.82) is 0 Å². The molecule has 130 valence electrons. The molecule has 25 heavy (non-hydrogen) atoms. The minimum absolute atomic E-state index is 0.201. The van der Waals surface area contributed by atoms with Gasteiger partial charge in [-0.05, 0) is 61.4 Å². The van der Waals surface area contributed by atoms with E-state index in [1.54, 1.807) is 11.6 Å². The Morgan fingerprint density at radius 2 is 2.20 bits per heavy atom. The highest BCUT2D eigenvalue weighted by Gasteiger charge is 2.31. The van der Waals surface area contributed by atoms with Gasteiger partial charge in [-0.25, -0.2) is 4.39 Å². The molecule has 0 aliphatic heterocycles. The van der Waals surface area contributed by atoms with Gasteiger partial charge in [-0.3, -0.25) is 4.68 Å². The second-order valence-corrected chi connectivity index (χ2v) is 7.72. The van der Waals surface area contributed by atoms with E-state index >= 15 is 0 Å². The molecular formula is C19H21FN4S. The number of benzene rings is 1. The molecular weight excluding hydrogens is 335 g/mol. The Hall–Kier alpha value is -2.08. The minimum Gasteiger partial charge on any atom is -0.272 e. The van der Waals surface area contributed by atoms with Gasteiger partial charge in [-0.1, -0.05) is 17.8 Å². The zero-order valence-electron chi connectivity index (χ0n) is 14.4. The van der Waals surface area contributed by atoms with Crippen LogP contribution >= 0.6 is 11.3 Å². The molecule has 4 rings (SSSR count). The SMILES string of the molecule is Cc1cc(-c2nncs2)c(F)cc1CC1CCCC1c1ccnn1C. The lowest BCUT2D eigenvalue weighted by atomic mass is 9.86. The molecule has 0 bridgehead atoms. The van der Waals surface area contributed by atoms with Gasteiger partial charge in [0.1, 0.15) is 11.3 Å². The highest BCUT2D eigenvalue weighted by atomic mass is 32.1. The van der Waals surface area contributed by atoms with Gasteiger partial charge in [0.2, 0.25) is 0 Å². The van der Waals surface area contributed by atoms with Crippen molar-refractivity contribution in [3.8, 4) is 10.6 Å². The highest BCUT2D eigenvalue weighted by Crippen LogP contribution is 2.42. The summed E-state index contributed by atoms with van der Waals surface area (Å²) in [6, 6.07) is 5.74. The predicted molar refractivity (Wildman–Crippen MR) is 97.0 cm³/mol. The van der Waals surface area contributed by atoms with Crippen LogP contribution in [-0.4, -0.2) is 20.0 Å². The van der Waals surface area contributed by atoms with Crippen molar-refractivity contribution in [3.63, 3.8) is 0 Å². The van der Waals surface area contributed by atoms with E-state index in [4.69, 9.17) is 0 Å². The third-order valence-electron chi connectivity index (χ3n) is 5.40. The molecule has 0 radical (unpaired) electrons. The maximum absolute atomic E-state index is 14.6. The number of aromatic nitrogens is 4. The first kappa shape index (κ1) is 16.4. The monoisotopic (exact) mass is 356 g/mol. The summed E-state index contributed by atoms with van der Waals surface area (Å²) in [5.41, 5.74) is 5.71. The van der Waals surface area contributed by atoms with E-state index in [1.807, 2.05) is 24.0 Å². The smallest absolute Gasteiger partial charge is 0.150 e. The zero-order valence-corrected chi connectivity index (χ0v) is 15.3. The van der Waals surface area contributed by atoms with E-state index in [1.165, 1.54) is 36.3 Å². The summed E-state index contributed by atoms with van der Waals surface area (Å²) in [5.74, 6) is 0.853. The summed E-state index contributed by atoms with van der Waals surface area (Å²) in [6.07, 6.45) is 6.38. The third kappa shape index (κ3) is 3.11. The van der Waals surface area contributed by atoms with Gasteiger partial charge in [-0.15, -0.1) is 10.2 Å². The van der Waals surface area contributed by atoms with Crippen LogP contribution in [0.3, 0.4) is 0 Å². The Kier molecular flexibility index (Phi) is 4.37. The molecule has 1 fully saturated rings. The fourth-order valence-corrected chi connectivity index (χ4v) is 4.67. The number of hydrogen-bond donors (Lipinski definition) is 0. The molecule has 3 aromatic rings. The molecule has 0 N–H and O–H groups in total. The van der Waals surface area contributed by atoms with Crippen LogP contribution in [0.15, 0.2) is 29.9 Å². The maximum Gasteiger partial charge on any atom is 0.150 e. The Morgan fingerprint density at radius 1 is 1.32 bits per heavy atom. The van der Waals surface area contributed by atoms with Crippen LogP contribution in [0, 0.1) is 18.7 Å². The van der Waals surface area contributed by atoms with E-state index in [2.05, 4.69) is 28.3 Å². The van der Waals surface area contributed by atoms with Crippen LogP contribution in [-0.2, 0) is 13.5 Å². The van der Waals surface area contributed by atoms with E-state index in [0.717, 1.165) is 17.5 Å². The molecule has 0 saturated heterocycles. The first-order chi connectivity index (χ1) is 12.1. The summed E-state index contributed by atoms with van der Waals surface area (Å²) >= 11 is 1.37. The second-order valence-electron chi connectivity index (χ2n) is 6.88. The lowest BCUT2D eigenvalue weighted by Crippen LogP contribution is -2.14. The van der Waals surface area contributed by atoms with E-state index in [-0.39, 0.29) is 5.82 Å². The van der Waals surface area contributed by atoms with E-state index in [9.17, 15) is 4.39 Å². The van der Waals surface area contributed by atoms with Crippen LogP contribution in [0.5, 0.6) is 0 Å². The molecule has 0 amide bonds. The molecule has 4 nitrogen and oxygen atoms in total. The number of rotatable bonds is 4. The number of hydrogen-bond acceptors (Lipinski definition) is 4. The van der Waals surface area contributed by atoms with Crippen LogP contribution in [0.1, 0.15) is 42.0 Å². The van der Waals surface area contributed by atoms with Crippen molar-refractivity contribution in [2.45, 2.75) is 38.5 Å². The molecule has 1 aliphatic rings. The van der Waals surface area contributed by atoms with Crippen molar-refractivity contribution >= 4 is 11.3 Å². The van der Waals surface area contributed by atoms with Crippen molar-refractivity contribution in [3.05, 3.63) is 52.5 Å². The summed E-state index contributed by atoms with van der Waals surface area (Å²) in [7, 11) is 2.01. The van der Waals surface area contributed by atoms with Crippen molar-refractivity contribution < 1.29 is 4.39 Å². The molecule has 1 aromatic carbocycles. The summed E-state index contributed by atoms with van der Waals surface area (Å²) in [4.78, 5) is 0. The van der Waals surface area contributed by atoms with Gasteiger partial charge >= 0.3 is 0 Å². The lowest BCUT2D eigenvalue weighted by molar-refractivity contribution is 0.456. The van der Waals surface area contributed by atoms with Crippen molar-refractivity contribution in [2.24, 2.45) is 13.0 Å². The summed E-state index contributed by atoms with van der Waals surface area (Å²) in [6.45, 7) is 2.06. The fraction of sp³-hybridized carbons (Fsp3) is 0.421. The molecule has 2 unspecified atom stereocenters. The molecule has 6 heteroatoms. The van der Waals surface area contributed by atoms with Crippen molar-refractivity contribution in [2.75, 3.05) is 0 Å². The van der Waals surface area contributed by atoms with Crippen LogP contribution in [0.4, 0.5) is 4.39 Å². The van der Waals surface area contributed by atoms with Gasteiger partial charge in [0.15, 0.2) is 5.01 Å². The van der Waals surface area contributed by atoms with Crippen LogP contribution < -0.4 is 0 Å². The standard InChI is InChI=1S/C19H21FN4S/c1-12-8-16(19-23-21-11-25-19)17(20)10-14(12)9-13-4-3-5-15(13)18-6-7-22-24(18)2/h6-8,10-11,13,15H,3-5,9H2,1-2H3. The molecule has 2 atom stereocenters. The first-order valence-electron chi connectivity index (χ1n) is 8.67. The molecule has 1 aliphatic carbocycles. The Balaban J connectivity index is 1.60. The minimum atomic E-state index is -0.201. The average Bonchev–Trinajstić information content (AvgIpc) is 3.32. The van der Waals surface area contributed by atoms with Crippen LogP contribution in [0.2, 0.25) is 0 Å². The summed E-state index contributed by atoms with van der Waals surface area (Å²) in [5, 5.41) is 12.8. The molecule has 1 saturated carbocycles. The number of halogens is 1. The largest absolute Gasteiger partial charge is 0.272 e. The van der Waals surface area contributed by atoms with Crippen LogP contribution in [0.25, 0.3) is 10.6 Å². The quantitative estimate of drug-likeness (QED) is 0.691. The van der Waals surface area contributed by atoms with Gasteiger partial charge in [0, 0.05) is 30.4 Å². The normalized spacial score (nSPS) is 20.3. The Bertz CT molecular complexity index is 872. The van der Waals surface area contributed by atoms with E-state index in [0.29, 0.717) is 22.4 Å². The number of nitrogens with zero attached hydrogens (tertiary/aromatic N) is 4. The molecule has 2 aromatic heterocycles. The number of aryl methyl sites for hydroxylation is 2. The van der Waals surface area contributed by atoms with Gasteiger partial charge < -0.3 is 0 Å². The first-order valence-corrected chi connectivity index (χ1v) is 9.55. The van der Waals surface area contributed by atoms with Gasteiger partial charge in [-0.2, -0.15) is 5.10 Å². The zero-order chi connectivity index (χ0) is 17.4. The van der Waals surface area contributed by atoms with Gasteiger partial charge in [0.25, 0.3) is 0 Å². The third-order valence-corrected chi connectivity index (χ3v) is 6.12. The second kappa shape index (κ2) is 6.67. The predicted octanol–water partition coefficient (Wildman–Crippen LogP) is 4.51. The van der Waals surface area contributed by atoms with Crippen molar-refractivity contribution in [1.82, 2.24) is 20.0 Å². The Morgan fingerprint density at radius 3 is 2.92 bits per heavy atom. The van der Waals surface area contributed by atoms with E-state index < -0.39 is 0 Å². The molecule has 0 spiro atoms. The highest BCUT2D eigenvalue weighted by molar-refractivity contribution is 7.12. The fourth-order valence-electron chi connectivity index (χ4n) is 4.10. The molecule has 2 heterocycles. The topological polar surface area (TPSA) is 43.6 Å². The lowest BCUT2D eigenvalue weighted by Gasteiger charge is -2.21. The average molecular weight is 356 g/mol. The maximum atomic E-state index is 14.6. The summed E-state index contributed by atoms with van der Waals surface area (Å²) < 4.78 is 16.6. The van der Waals surface area contributed by atoms with Gasteiger partial charge in [0.05, 0.1) is 0 Å².